The van der Waals surface area contributed by atoms with E-state index in [1.165, 1.54) is 51.4 Å². The Hall–Kier alpha value is -0.0800. The van der Waals surface area contributed by atoms with Crippen molar-refractivity contribution in [2.75, 3.05) is 0 Å². The summed E-state index contributed by atoms with van der Waals surface area (Å²) in [7, 11) is 0. The Kier molecular flexibility index (Phi) is 4.02. The van der Waals surface area contributed by atoms with Crippen LogP contribution in [-0.4, -0.2) is 5.54 Å². The lowest BCUT2D eigenvalue weighted by Gasteiger charge is -2.28. The lowest BCUT2D eigenvalue weighted by atomic mass is 9.91. The summed E-state index contributed by atoms with van der Waals surface area (Å²) in [6, 6.07) is 0. The topological polar surface area (TPSA) is 38.0 Å². The Morgan fingerprint density at radius 3 is 1.75 bits per heavy atom. The lowest BCUT2D eigenvalue weighted by molar-refractivity contribution is 0.301. The number of hydrogen-bond acceptors (Lipinski definition) is 2. The molecule has 0 heterocycles. The molecule has 0 aliphatic heterocycles. The third-order valence-electron chi connectivity index (χ3n) is 3.06. The molecular weight excluding hydrogens is 148 g/mol. The number of hydrogen-bond donors (Lipinski definition) is 2. The normalized spacial score (nSPS) is 25.5. The van der Waals surface area contributed by atoms with Crippen LogP contribution in [0.4, 0.5) is 0 Å². The second-order valence-electron chi connectivity index (χ2n) is 4.33. The summed E-state index contributed by atoms with van der Waals surface area (Å²) < 4.78 is 0. The van der Waals surface area contributed by atoms with Crippen LogP contribution >= 0.6 is 0 Å². The minimum atomic E-state index is 0.213. The van der Waals surface area contributed by atoms with E-state index in [0.717, 1.165) is 0 Å². The summed E-state index contributed by atoms with van der Waals surface area (Å²) in [5, 5.41) is 0. The summed E-state index contributed by atoms with van der Waals surface area (Å²) >= 11 is 0. The van der Waals surface area contributed by atoms with E-state index in [2.05, 4.69) is 12.3 Å². The molecule has 0 radical (unpaired) electrons. The summed E-state index contributed by atoms with van der Waals surface area (Å²) in [5.74, 6) is 5.56. The quantitative estimate of drug-likeness (QED) is 0.468. The molecule has 0 spiro atoms. The Bertz CT molecular complexity index is 113. The highest BCUT2D eigenvalue weighted by molar-refractivity contribution is 4.81. The second-order valence-corrected chi connectivity index (χ2v) is 4.33. The van der Waals surface area contributed by atoms with Gasteiger partial charge in [0.2, 0.25) is 0 Å². The van der Waals surface area contributed by atoms with Gasteiger partial charge in [-0.3, -0.25) is 11.3 Å². The fraction of sp³-hybridized carbons (Fsp3) is 1.00. The molecule has 2 nitrogen and oxygen atoms in total. The largest absolute Gasteiger partial charge is 0.271 e. The summed E-state index contributed by atoms with van der Waals surface area (Å²) in [6.45, 7) is 2.25. The molecule has 3 N–H and O–H groups in total. The van der Waals surface area contributed by atoms with Crippen molar-refractivity contribution in [1.82, 2.24) is 5.43 Å². The predicted octanol–water partition coefficient (Wildman–Crippen LogP) is 2.34. The van der Waals surface area contributed by atoms with Gasteiger partial charge in [0, 0.05) is 5.54 Å². The molecule has 1 aliphatic rings. The van der Waals surface area contributed by atoms with E-state index < -0.39 is 0 Å². The molecule has 2 heteroatoms. The molecule has 0 amide bonds. The van der Waals surface area contributed by atoms with Gasteiger partial charge < -0.3 is 0 Å². The minimum Gasteiger partial charge on any atom is -0.271 e. The van der Waals surface area contributed by atoms with Gasteiger partial charge in [-0.2, -0.15) is 0 Å². The predicted molar refractivity (Wildman–Crippen MR) is 52.7 cm³/mol. The first-order valence-electron chi connectivity index (χ1n) is 5.25. The maximum atomic E-state index is 5.56. The van der Waals surface area contributed by atoms with E-state index >= 15 is 0 Å². The molecule has 0 bridgehead atoms. The van der Waals surface area contributed by atoms with E-state index in [1.54, 1.807) is 0 Å². The molecule has 0 aromatic rings. The highest BCUT2D eigenvalue weighted by atomic mass is 15.3. The fourth-order valence-corrected chi connectivity index (χ4v) is 2.01. The number of hydrazine groups is 1. The van der Waals surface area contributed by atoms with Gasteiger partial charge in [0.15, 0.2) is 0 Å². The van der Waals surface area contributed by atoms with Gasteiger partial charge in [-0.05, 0) is 19.8 Å². The van der Waals surface area contributed by atoms with Crippen molar-refractivity contribution in [2.24, 2.45) is 5.84 Å². The molecule has 0 atom stereocenters. The maximum Gasteiger partial charge on any atom is 0.0293 e. The van der Waals surface area contributed by atoms with Crippen molar-refractivity contribution in [3.8, 4) is 0 Å². The van der Waals surface area contributed by atoms with E-state index in [-0.39, 0.29) is 5.54 Å². The highest BCUT2D eigenvalue weighted by Crippen LogP contribution is 2.24. The zero-order valence-corrected chi connectivity index (χ0v) is 8.23. The van der Waals surface area contributed by atoms with E-state index in [1.807, 2.05) is 0 Å². The van der Waals surface area contributed by atoms with Crippen molar-refractivity contribution < 1.29 is 0 Å². The third-order valence-corrected chi connectivity index (χ3v) is 3.06. The van der Waals surface area contributed by atoms with Crippen LogP contribution < -0.4 is 11.3 Å². The SMILES string of the molecule is CC1(NN)CCCCCCCC1. The van der Waals surface area contributed by atoms with Crippen LogP contribution in [0, 0.1) is 0 Å². The van der Waals surface area contributed by atoms with E-state index in [0.29, 0.717) is 0 Å². The van der Waals surface area contributed by atoms with Crippen LogP contribution in [0.5, 0.6) is 0 Å². The summed E-state index contributed by atoms with van der Waals surface area (Å²) in [5.41, 5.74) is 3.19. The van der Waals surface area contributed by atoms with Crippen LogP contribution in [0.3, 0.4) is 0 Å². The van der Waals surface area contributed by atoms with Gasteiger partial charge in [0.1, 0.15) is 0 Å². The number of rotatable bonds is 1. The molecule has 1 saturated carbocycles. The molecule has 12 heavy (non-hydrogen) atoms. The minimum absolute atomic E-state index is 0.213. The smallest absolute Gasteiger partial charge is 0.0293 e. The van der Waals surface area contributed by atoms with Gasteiger partial charge in [0.05, 0.1) is 0 Å². The summed E-state index contributed by atoms with van der Waals surface area (Å²) in [4.78, 5) is 0. The number of nitrogens with two attached hydrogens (primary N) is 1. The van der Waals surface area contributed by atoms with Crippen molar-refractivity contribution in [3.63, 3.8) is 0 Å². The van der Waals surface area contributed by atoms with Crippen LogP contribution in [0.2, 0.25) is 0 Å². The van der Waals surface area contributed by atoms with Crippen molar-refractivity contribution >= 4 is 0 Å². The van der Waals surface area contributed by atoms with Gasteiger partial charge >= 0.3 is 0 Å². The van der Waals surface area contributed by atoms with Crippen LogP contribution in [0.1, 0.15) is 58.3 Å². The first-order chi connectivity index (χ1) is 5.77. The van der Waals surface area contributed by atoms with Crippen molar-refractivity contribution in [2.45, 2.75) is 63.8 Å². The van der Waals surface area contributed by atoms with Gasteiger partial charge in [-0.25, -0.2) is 0 Å². The maximum absolute atomic E-state index is 5.56. The zero-order chi connectivity index (χ0) is 8.86. The second kappa shape index (κ2) is 4.83. The molecule has 1 aliphatic carbocycles. The average Bonchev–Trinajstić information content (AvgIpc) is 2.18. The van der Waals surface area contributed by atoms with E-state index in [4.69, 9.17) is 5.84 Å². The molecular formula is C10H22N2. The van der Waals surface area contributed by atoms with Crippen LogP contribution in [0.25, 0.3) is 0 Å². The Morgan fingerprint density at radius 1 is 0.917 bits per heavy atom. The van der Waals surface area contributed by atoms with Crippen LogP contribution in [0.15, 0.2) is 0 Å². The standard InChI is InChI=1S/C10H22N2/c1-10(12-11)8-6-4-2-3-5-7-9-10/h12H,2-9,11H2,1H3. The van der Waals surface area contributed by atoms with Gasteiger partial charge in [-0.15, -0.1) is 0 Å². The third kappa shape index (κ3) is 3.11. The molecule has 0 aromatic carbocycles. The zero-order valence-electron chi connectivity index (χ0n) is 8.23. The van der Waals surface area contributed by atoms with E-state index in [9.17, 15) is 0 Å². The van der Waals surface area contributed by atoms with Crippen LogP contribution in [-0.2, 0) is 0 Å². The fourth-order valence-electron chi connectivity index (χ4n) is 2.01. The van der Waals surface area contributed by atoms with Gasteiger partial charge in [-0.1, -0.05) is 38.5 Å². The van der Waals surface area contributed by atoms with Crippen molar-refractivity contribution in [3.05, 3.63) is 0 Å². The number of nitrogens with one attached hydrogen (secondary N) is 1. The monoisotopic (exact) mass is 170 g/mol. The Morgan fingerprint density at radius 2 is 1.33 bits per heavy atom. The Balaban J connectivity index is 2.38. The highest BCUT2D eigenvalue weighted by Gasteiger charge is 2.21. The molecule has 72 valence electrons. The first kappa shape index (κ1) is 10.0. The van der Waals surface area contributed by atoms with Gasteiger partial charge in [0.25, 0.3) is 0 Å². The summed E-state index contributed by atoms with van der Waals surface area (Å²) in [6.07, 6.45) is 10.8. The molecule has 1 fully saturated rings. The van der Waals surface area contributed by atoms with Crippen molar-refractivity contribution in [1.29, 1.82) is 0 Å². The molecule has 0 saturated heterocycles. The molecule has 0 unspecified atom stereocenters. The lowest BCUT2D eigenvalue weighted by Crippen LogP contribution is -2.46. The Labute approximate surface area is 75.9 Å². The average molecular weight is 170 g/mol. The molecule has 0 aromatic heterocycles. The molecule has 1 rings (SSSR count). The first-order valence-corrected chi connectivity index (χ1v) is 5.25.